The van der Waals surface area contributed by atoms with Crippen LogP contribution in [0.25, 0.3) is 11.3 Å². The van der Waals surface area contributed by atoms with Gasteiger partial charge in [0.1, 0.15) is 5.82 Å². The van der Waals surface area contributed by atoms with Crippen molar-refractivity contribution >= 4 is 17.0 Å². The third kappa shape index (κ3) is 3.93. The molecule has 27 heavy (non-hydrogen) atoms. The van der Waals surface area contributed by atoms with Crippen LogP contribution >= 0.6 is 11.3 Å². The zero-order valence-corrected chi connectivity index (χ0v) is 16.1. The molecule has 0 amide bonds. The fourth-order valence-electron chi connectivity index (χ4n) is 3.62. The summed E-state index contributed by atoms with van der Waals surface area (Å²) < 4.78 is 15.2. The summed E-state index contributed by atoms with van der Waals surface area (Å²) in [7, 11) is 1.78. The van der Waals surface area contributed by atoms with E-state index in [2.05, 4.69) is 35.3 Å². The van der Waals surface area contributed by atoms with Gasteiger partial charge in [-0.25, -0.2) is 9.07 Å². The molecule has 0 unspecified atom stereocenters. The molecule has 0 radical (unpaired) electrons. The molecule has 0 bridgehead atoms. The Morgan fingerprint density at radius 1 is 1.00 bits per heavy atom. The van der Waals surface area contributed by atoms with E-state index in [9.17, 15) is 4.39 Å². The molecule has 1 aliphatic carbocycles. The van der Waals surface area contributed by atoms with Crippen molar-refractivity contribution in [1.29, 1.82) is 0 Å². The minimum absolute atomic E-state index is 0.230. The Bertz CT molecular complexity index is 990. The van der Waals surface area contributed by atoms with E-state index in [0.29, 0.717) is 5.92 Å². The molecule has 1 aliphatic rings. The van der Waals surface area contributed by atoms with Crippen LogP contribution < -0.4 is 4.80 Å². The molecule has 1 heterocycles. The maximum atomic E-state index is 13.3. The van der Waals surface area contributed by atoms with Crippen LogP contribution in [-0.2, 0) is 0 Å². The Hall–Kier alpha value is -2.53. The molecule has 0 atom stereocenters. The summed E-state index contributed by atoms with van der Waals surface area (Å²) in [5.74, 6) is 0.385. The maximum Gasteiger partial charge on any atom is 0.205 e. The molecule has 2 aromatic carbocycles. The van der Waals surface area contributed by atoms with Crippen molar-refractivity contribution in [1.82, 2.24) is 4.68 Å². The van der Waals surface area contributed by atoms with Crippen molar-refractivity contribution in [2.75, 3.05) is 7.05 Å². The smallest absolute Gasteiger partial charge is 0.205 e. The molecule has 3 nitrogen and oxygen atoms in total. The second-order valence-electron chi connectivity index (χ2n) is 6.80. The van der Waals surface area contributed by atoms with E-state index < -0.39 is 0 Å². The average molecular weight is 380 g/mol. The Morgan fingerprint density at radius 3 is 2.37 bits per heavy atom. The predicted molar refractivity (Wildman–Crippen MR) is 110 cm³/mol. The highest BCUT2D eigenvalue weighted by molar-refractivity contribution is 7.07. The molecular weight excluding hydrogens is 357 g/mol. The minimum atomic E-state index is -0.230. The van der Waals surface area contributed by atoms with Gasteiger partial charge in [0.15, 0.2) is 0 Å². The van der Waals surface area contributed by atoms with E-state index >= 15 is 0 Å². The van der Waals surface area contributed by atoms with Crippen LogP contribution in [-0.4, -0.2) is 17.4 Å². The largest absolute Gasteiger partial charge is 0.261 e. The first kappa shape index (κ1) is 17.9. The number of halogens is 1. The zero-order chi connectivity index (χ0) is 18.6. The second kappa shape index (κ2) is 8.01. The standard InChI is InChI=1S/C22H22FN3S/c1-24-22-26(21(15-27-22)18-7-11-19(23)12-8-18)25-20-13-9-17(10-14-20)16-5-3-2-4-6-16/h2-8,11-12,15,17H,9-10,13-14H2,1H3. The lowest BCUT2D eigenvalue weighted by Crippen LogP contribution is -2.18. The van der Waals surface area contributed by atoms with Gasteiger partial charge < -0.3 is 0 Å². The van der Waals surface area contributed by atoms with E-state index in [1.807, 2.05) is 10.1 Å². The zero-order valence-electron chi connectivity index (χ0n) is 15.3. The Labute approximate surface area is 162 Å². The van der Waals surface area contributed by atoms with Crippen molar-refractivity contribution in [3.8, 4) is 11.3 Å². The molecule has 0 aliphatic heterocycles. The van der Waals surface area contributed by atoms with Gasteiger partial charge in [-0.05, 0) is 61.4 Å². The molecule has 4 rings (SSSR count). The molecule has 0 spiro atoms. The summed E-state index contributed by atoms with van der Waals surface area (Å²) in [4.78, 5) is 5.22. The first-order valence-corrected chi connectivity index (χ1v) is 10.1. The van der Waals surface area contributed by atoms with E-state index in [1.165, 1.54) is 23.4 Å². The van der Waals surface area contributed by atoms with Crippen molar-refractivity contribution in [2.24, 2.45) is 10.1 Å². The topological polar surface area (TPSA) is 29.6 Å². The average Bonchev–Trinajstić information content (AvgIpc) is 3.12. The first-order valence-electron chi connectivity index (χ1n) is 9.25. The predicted octanol–water partition coefficient (Wildman–Crippen LogP) is 5.45. The van der Waals surface area contributed by atoms with Crippen LogP contribution in [0.5, 0.6) is 0 Å². The van der Waals surface area contributed by atoms with E-state index in [1.54, 1.807) is 30.5 Å². The van der Waals surface area contributed by atoms with Crippen LogP contribution in [0.15, 0.2) is 70.1 Å². The Morgan fingerprint density at radius 2 is 1.70 bits per heavy atom. The Kier molecular flexibility index (Phi) is 5.30. The van der Waals surface area contributed by atoms with Gasteiger partial charge in [-0.15, -0.1) is 11.3 Å². The highest BCUT2D eigenvalue weighted by Crippen LogP contribution is 2.32. The first-order chi connectivity index (χ1) is 13.2. The molecule has 1 aromatic heterocycles. The summed E-state index contributed by atoms with van der Waals surface area (Å²) in [6, 6.07) is 17.3. The molecule has 3 aromatic rings. The van der Waals surface area contributed by atoms with E-state index in [4.69, 9.17) is 5.10 Å². The molecule has 1 saturated carbocycles. The number of rotatable bonds is 3. The van der Waals surface area contributed by atoms with Crippen molar-refractivity contribution in [3.63, 3.8) is 0 Å². The molecule has 138 valence electrons. The number of hydrogen-bond donors (Lipinski definition) is 0. The monoisotopic (exact) mass is 379 g/mol. The van der Waals surface area contributed by atoms with Gasteiger partial charge in [-0.1, -0.05) is 30.3 Å². The van der Waals surface area contributed by atoms with Gasteiger partial charge >= 0.3 is 0 Å². The van der Waals surface area contributed by atoms with Gasteiger partial charge in [0.2, 0.25) is 4.80 Å². The molecular formula is C22H22FN3S. The highest BCUT2D eigenvalue weighted by atomic mass is 32.1. The number of nitrogens with zero attached hydrogens (tertiary/aromatic N) is 3. The Balaban J connectivity index is 1.59. The fraction of sp³-hybridized carbons (Fsp3) is 0.273. The van der Waals surface area contributed by atoms with Gasteiger partial charge in [0.25, 0.3) is 0 Å². The molecule has 5 heteroatoms. The SMILES string of the molecule is CN=c1scc(-c2ccc(F)cc2)n1N=C1CCC(c2ccccc2)CC1. The lowest BCUT2D eigenvalue weighted by molar-refractivity contribution is 0.562. The highest BCUT2D eigenvalue weighted by Gasteiger charge is 2.20. The quantitative estimate of drug-likeness (QED) is 0.579. The van der Waals surface area contributed by atoms with Crippen LogP contribution in [0.3, 0.4) is 0 Å². The maximum absolute atomic E-state index is 13.3. The summed E-state index contributed by atoms with van der Waals surface area (Å²) in [5.41, 5.74) is 4.54. The van der Waals surface area contributed by atoms with Crippen molar-refractivity contribution < 1.29 is 4.39 Å². The van der Waals surface area contributed by atoms with Gasteiger partial charge in [-0.3, -0.25) is 4.99 Å². The summed E-state index contributed by atoms with van der Waals surface area (Å²) in [6.07, 6.45) is 4.24. The summed E-state index contributed by atoms with van der Waals surface area (Å²) in [6.45, 7) is 0. The number of hydrogen-bond acceptors (Lipinski definition) is 3. The summed E-state index contributed by atoms with van der Waals surface area (Å²) in [5, 5.41) is 6.97. The summed E-state index contributed by atoms with van der Waals surface area (Å²) >= 11 is 1.56. The van der Waals surface area contributed by atoms with Gasteiger partial charge in [-0.2, -0.15) is 5.10 Å². The minimum Gasteiger partial charge on any atom is -0.261 e. The van der Waals surface area contributed by atoms with Gasteiger partial charge in [0.05, 0.1) is 5.69 Å². The lowest BCUT2D eigenvalue weighted by atomic mass is 9.83. The molecule has 0 saturated heterocycles. The van der Waals surface area contributed by atoms with Crippen molar-refractivity contribution in [3.05, 3.63) is 76.2 Å². The van der Waals surface area contributed by atoms with Crippen LogP contribution in [0.2, 0.25) is 0 Å². The third-order valence-electron chi connectivity index (χ3n) is 5.09. The van der Waals surface area contributed by atoms with E-state index in [-0.39, 0.29) is 5.82 Å². The number of benzene rings is 2. The molecule has 0 N–H and O–H groups in total. The van der Waals surface area contributed by atoms with Crippen LogP contribution in [0, 0.1) is 5.82 Å². The number of thiazole rings is 1. The lowest BCUT2D eigenvalue weighted by Gasteiger charge is -2.23. The second-order valence-corrected chi connectivity index (χ2v) is 7.63. The molecule has 1 fully saturated rings. The van der Waals surface area contributed by atoms with Crippen molar-refractivity contribution in [2.45, 2.75) is 31.6 Å². The van der Waals surface area contributed by atoms with E-state index in [0.717, 1.165) is 41.7 Å². The van der Waals surface area contributed by atoms with Crippen LogP contribution in [0.4, 0.5) is 4.39 Å². The fourth-order valence-corrected chi connectivity index (χ4v) is 4.41. The van der Waals surface area contributed by atoms with Crippen LogP contribution in [0.1, 0.15) is 37.2 Å². The van der Waals surface area contributed by atoms with Gasteiger partial charge in [0, 0.05) is 23.7 Å². The normalized spacial score (nSPS) is 17.9. The third-order valence-corrected chi connectivity index (χ3v) is 6.00. The number of aromatic nitrogens is 1.